The Kier molecular flexibility index (Phi) is 44.5. The molecule has 364 valence electrons. The number of phosphoric ester groups is 1. The smallest absolute Gasteiger partial charge is 0.457 e. The SMILES string of the molecule is CC/C=C\C/C=C\C/C=C\C/C=C\CCCCCCCCCOCC(COP(=O)(O)OCC[N+](C)(C)C)OC(=O)CCCCCCCC/C=C\C/C=C\C/C=C\CCCCCCC. The number of carbonyl (C=O) groups is 1. The molecule has 0 bridgehead atoms. The molecule has 63 heavy (non-hydrogen) atoms. The van der Waals surface area contributed by atoms with E-state index in [0.717, 1.165) is 89.9 Å². The maximum absolute atomic E-state index is 12.8. The molecule has 0 fully saturated rings. The van der Waals surface area contributed by atoms with E-state index in [9.17, 15) is 14.3 Å². The number of nitrogens with zero attached hydrogens (tertiary/aromatic N) is 1. The fraction of sp³-hybridized carbons (Fsp3) is 0.722. The molecule has 0 radical (unpaired) electrons. The van der Waals surface area contributed by atoms with Gasteiger partial charge in [0.05, 0.1) is 34.4 Å². The van der Waals surface area contributed by atoms with Crippen molar-refractivity contribution in [2.24, 2.45) is 0 Å². The lowest BCUT2D eigenvalue weighted by molar-refractivity contribution is -0.870. The molecule has 0 aromatic heterocycles. The van der Waals surface area contributed by atoms with Gasteiger partial charge in [0.15, 0.2) is 0 Å². The van der Waals surface area contributed by atoms with Gasteiger partial charge in [0, 0.05) is 13.0 Å². The Morgan fingerprint density at radius 1 is 0.508 bits per heavy atom. The van der Waals surface area contributed by atoms with Gasteiger partial charge in [0.1, 0.15) is 19.3 Å². The third-order valence-corrected chi connectivity index (χ3v) is 11.4. The number of ether oxygens (including phenoxy) is 2. The zero-order chi connectivity index (χ0) is 46.2. The maximum Gasteiger partial charge on any atom is 0.472 e. The molecule has 2 unspecified atom stereocenters. The van der Waals surface area contributed by atoms with Gasteiger partial charge in [-0.2, -0.15) is 0 Å². The van der Waals surface area contributed by atoms with E-state index in [2.05, 4.69) is 98.9 Å². The lowest BCUT2D eigenvalue weighted by Crippen LogP contribution is -2.37. The number of hydrogen-bond acceptors (Lipinski definition) is 6. The average molecular weight is 903 g/mol. The standard InChI is InChI=1S/C54H96NO7P/c1-6-8-10-12-14-16-18-20-22-24-26-28-29-31-33-35-37-39-41-43-45-47-54(56)62-53(52-61-63(57,58)60-50-48-55(3,4)5)51-59-49-46-44-42-40-38-36-34-32-30-27-25-23-21-19-17-15-13-11-9-7-2/h9,11,15,17-18,20-21,23-24,26-27,29-31,53H,6-8,10,12-14,16,19,22,25,28,32-52H2,1-5H3/p+1/b11-9-,17-15-,20-18-,23-21-,26-24-,30-27-,31-29-. The Balaban J connectivity index is 4.23. The van der Waals surface area contributed by atoms with E-state index in [1.807, 2.05) is 21.1 Å². The number of unbranched alkanes of at least 4 members (excludes halogenated alkanes) is 18. The van der Waals surface area contributed by atoms with Gasteiger partial charge >= 0.3 is 13.8 Å². The summed E-state index contributed by atoms with van der Waals surface area (Å²) in [6.45, 7) is 5.45. The quantitative estimate of drug-likeness (QED) is 0.0214. The Labute approximate surface area is 388 Å². The Bertz CT molecular complexity index is 1280. The normalized spacial score (nSPS) is 14.3. The van der Waals surface area contributed by atoms with Crippen LogP contribution in [0.25, 0.3) is 0 Å². The van der Waals surface area contributed by atoms with Crippen molar-refractivity contribution in [2.75, 3.05) is 54.1 Å². The second-order valence-corrected chi connectivity index (χ2v) is 19.3. The molecule has 0 aliphatic heterocycles. The fourth-order valence-electron chi connectivity index (χ4n) is 6.55. The number of quaternary nitrogens is 1. The molecule has 0 aromatic carbocycles. The number of phosphoric acid groups is 1. The molecule has 0 saturated carbocycles. The van der Waals surface area contributed by atoms with Crippen molar-refractivity contribution in [3.05, 3.63) is 85.1 Å². The third-order valence-electron chi connectivity index (χ3n) is 10.4. The van der Waals surface area contributed by atoms with Crippen LogP contribution in [0.15, 0.2) is 85.1 Å². The topological polar surface area (TPSA) is 91.3 Å². The Hall–Kier alpha value is -2.32. The van der Waals surface area contributed by atoms with Crippen LogP contribution >= 0.6 is 7.82 Å². The van der Waals surface area contributed by atoms with E-state index in [1.54, 1.807) is 0 Å². The average Bonchev–Trinajstić information content (AvgIpc) is 3.24. The van der Waals surface area contributed by atoms with Crippen molar-refractivity contribution in [2.45, 2.75) is 200 Å². The summed E-state index contributed by atoms with van der Waals surface area (Å²) < 4.78 is 35.1. The van der Waals surface area contributed by atoms with Gasteiger partial charge in [0.2, 0.25) is 0 Å². The second-order valence-electron chi connectivity index (χ2n) is 17.8. The molecule has 2 atom stereocenters. The zero-order valence-electron chi connectivity index (χ0n) is 41.3. The van der Waals surface area contributed by atoms with Crippen molar-refractivity contribution in [3.8, 4) is 0 Å². The first kappa shape index (κ1) is 60.7. The Morgan fingerprint density at radius 3 is 1.38 bits per heavy atom. The van der Waals surface area contributed by atoms with Gasteiger partial charge in [-0.1, -0.05) is 182 Å². The van der Waals surface area contributed by atoms with Gasteiger partial charge in [0.25, 0.3) is 0 Å². The van der Waals surface area contributed by atoms with E-state index in [0.29, 0.717) is 24.1 Å². The highest BCUT2D eigenvalue weighted by Crippen LogP contribution is 2.43. The summed E-state index contributed by atoms with van der Waals surface area (Å²) in [4.78, 5) is 23.0. The molecule has 0 spiro atoms. The van der Waals surface area contributed by atoms with Crippen LogP contribution in [-0.2, 0) is 27.9 Å². The fourth-order valence-corrected chi connectivity index (χ4v) is 7.29. The third kappa shape index (κ3) is 50.5. The summed E-state index contributed by atoms with van der Waals surface area (Å²) in [7, 11) is 1.64. The molecule has 0 saturated heterocycles. The molecule has 0 rings (SSSR count). The summed E-state index contributed by atoms with van der Waals surface area (Å²) in [6.07, 6.45) is 61.9. The summed E-state index contributed by atoms with van der Waals surface area (Å²) in [5.41, 5.74) is 0. The van der Waals surface area contributed by atoms with Crippen LogP contribution in [0.3, 0.4) is 0 Å². The molecule has 0 amide bonds. The van der Waals surface area contributed by atoms with Crippen LogP contribution in [0.1, 0.15) is 194 Å². The number of esters is 1. The summed E-state index contributed by atoms with van der Waals surface area (Å²) in [5.74, 6) is -0.332. The Morgan fingerprint density at radius 2 is 0.921 bits per heavy atom. The van der Waals surface area contributed by atoms with Crippen molar-refractivity contribution in [1.82, 2.24) is 0 Å². The largest absolute Gasteiger partial charge is 0.472 e. The zero-order valence-corrected chi connectivity index (χ0v) is 42.2. The minimum Gasteiger partial charge on any atom is -0.457 e. The lowest BCUT2D eigenvalue weighted by atomic mass is 10.1. The highest BCUT2D eigenvalue weighted by Gasteiger charge is 2.26. The van der Waals surface area contributed by atoms with Crippen molar-refractivity contribution >= 4 is 13.8 Å². The number of hydrogen-bond donors (Lipinski definition) is 1. The molecular weight excluding hydrogens is 806 g/mol. The molecule has 1 N–H and O–H groups in total. The number of rotatable bonds is 46. The highest BCUT2D eigenvalue weighted by molar-refractivity contribution is 7.47. The summed E-state index contributed by atoms with van der Waals surface area (Å²) >= 11 is 0. The van der Waals surface area contributed by atoms with E-state index in [1.165, 1.54) is 83.5 Å². The first-order valence-electron chi connectivity index (χ1n) is 25.3. The number of likely N-dealkylation sites (N-methyl/N-ethyl adjacent to an activating group) is 1. The van der Waals surface area contributed by atoms with Crippen LogP contribution in [0, 0.1) is 0 Å². The summed E-state index contributed by atoms with van der Waals surface area (Å²) in [6, 6.07) is 0. The minimum absolute atomic E-state index is 0.0788. The lowest BCUT2D eigenvalue weighted by Gasteiger charge is -2.24. The second kappa shape index (κ2) is 46.2. The predicted molar refractivity (Wildman–Crippen MR) is 270 cm³/mol. The maximum atomic E-state index is 12.8. The number of allylic oxidation sites excluding steroid dienone is 14. The molecule has 8 nitrogen and oxygen atoms in total. The first-order chi connectivity index (χ1) is 30.6. The van der Waals surface area contributed by atoms with Crippen LogP contribution in [-0.4, -0.2) is 75.6 Å². The molecule has 0 aliphatic rings. The highest BCUT2D eigenvalue weighted by atomic mass is 31.2. The molecule has 0 aliphatic carbocycles. The van der Waals surface area contributed by atoms with Crippen molar-refractivity contribution in [1.29, 1.82) is 0 Å². The van der Waals surface area contributed by atoms with E-state index < -0.39 is 13.9 Å². The van der Waals surface area contributed by atoms with Gasteiger partial charge in [-0.05, 0) is 89.9 Å². The van der Waals surface area contributed by atoms with Crippen LogP contribution in [0.4, 0.5) is 0 Å². The predicted octanol–water partition coefficient (Wildman–Crippen LogP) is 15.6. The van der Waals surface area contributed by atoms with Crippen molar-refractivity contribution in [3.63, 3.8) is 0 Å². The van der Waals surface area contributed by atoms with E-state index in [4.69, 9.17) is 18.5 Å². The molecule has 9 heteroatoms. The van der Waals surface area contributed by atoms with Crippen molar-refractivity contribution < 1.29 is 37.3 Å². The molecular formula is C54H97NO7P+. The van der Waals surface area contributed by atoms with Gasteiger partial charge < -0.3 is 18.9 Å². The first-order valence-corrected chi connectivity index (χ1v) is 26.8. The van der Waals surface area contributed by atoms with Crippen LogP contribution < -0.4 is 0 Å². The van der Waals surface area contributed by atoms with Gasteiger partial charge in [-0.15, -0.1) is 0 Å². The van der Waals surface area contributed by atoms with Crippen LogP contribution in [0.2, 0.25) is 0 Å². The van der Waals surface area contributed by atoms with Gasteiger partial charge in [-0.3, -0.25) is 13.8 Å². The van der Waals surface area contributed by atoms with Gasteiger partial charge in [-0.25, -0.2) is 4.57 Å². The van der Waals surface area contributed by atoms with Crippen LogP contribution in [0.5, 0.6) is 0 Å². The monoisotopic (exact) mass is 903 g/mol. The van der Waals surface area contributed by atoms with E-state index in [-0.39, 0.29) is 25.8 Å². The molecule has 0 aromatic rings. The molecule has 0 heterocycles. The minimum atomic E-state index is -4.29. The van der Waals surface area contributed by atoms with E-state index >= 15 is 0 Å². The summed E-state index contributed by atoms with van der Waals surface area (Å²) in [5, 5.41) is 0. The number of carbonyl (C=O) groups excluding carboxylic acids is 1.